The van der Waals surface area contributed by atoms with Gasteiger partial charge in [0.15, 0.2) is 5.82 Å². The van der Waals surface area contributed by atoms with Crippen LogP contribution in [0.3, 0.4) is 0 Å². The number of aromatic nitrogens is 2. The van der Waals surface area contributed by atoms with Gasteiger partial charge in [-0.05, 0) is 61.3 Å². The molecule has 2 fully saturated rings. The number of nitrogens with zero attached hydrogens (tertiary/aromatic N) is 2. The second kappa shape index (κ2) is 10.3. The predicted molar refractivity (Wildman–Crippen MR) is 132 cm³/mol. The predicted octanol–water partition coefficient (Wildman–Crippen LogP) is 6.65. The quantitative estimate of drug-likeness (QED) is 0.409. The number of rotatable bonds is 7. The Bertz CT molecular complexity index is 973. The van der Waals surface area contributed by atoms with Gasteiger partial charge in [-0.2, -0.15) is 4.98 Å². The molecule has 2 aliphatic carbocycles. The Morgan fingerprint density at radius 1 is 1.16 bits per heavy atom. The molecule has 7 heteroatoms. The van der Waals surface area contributed by atoms with Crippen molar-refractivity contribution in [3.8, 4) is 0 Å². The monoisotopic (exact) mass is 453 g/mol. The minimum absolute atomic E-state index is 0.251. The lowest BCUT2D eigenvalue weighted by Crippen LogP contribution is -2.27. The molecule has 2 aliphatic rings. The first-order valence-corrected chi connectivity index (χ1v) is 12.0. The highest BCUT2D eigenvalue weighted by atomic mass is 35.5. The summed E-state index contributed by atoms with van der Waals surface area (Å²) in [6.45, 7) is 5.86. The van der Waals surface area contributed by atoms with Gasteiger partial charge in [0.1, 0.15) is 5.02 Å². The number of benzene rings is 1. The van der Waals surface area contributed by atoms with E-state index in [1.807, 2.05) is 6.07 Å². The highest BCUT2D eigenvalue weighted by Gasteiger charge is 2.21. The fourth-order valence-corrected chi connectivity index (χ4v) is 5.01. The highest BCUT2D eigenvalue weighted by molar-refractivity contribution is 6.33. The number of amides is 1. The van der Waals surface area contributed by atoms with E-state index in [0.29, 0.717) is 40.4 Å². The van der Waals surface area contributed by atoms with Crippen LogP contribution in [0.15, 0.2) is 37.1 Å². The normalized spacial score (nSPS) is 21.2. The van der Waals surface area contributed by atoms with E-state index in [1.54, 1.807) is 6.20 Å². The third-order valence-electron chi connectivity index (χ3n) is 6.58. The van der Waals surface area contributed by atoms with Gasteiger partial charge in [-0.1, -0.05) is 56.9 Å². The zero-order valence-electron chi connectivity index (χ0n) is 18.7. The Labute approximate surface area is 195 Å². The van der Waals surface area contributed by atoms with Gasteiger partial charge in [0.25, 0.3) is 0 Å². The number of anilines is 4. The number of nitrogens with one attached hydrogen (secondary N) is 3. The first kappa shape index (κ1) is 22.6. The average Bonchev–Trinajstić information content (AvgIpc) is 3.32. The van der Waals surface area contributed by atoms with E-state index in [9.17, 15) is 4.79 Å². The molecule has 0 saturated heterocycles. The van der Waals surface area contributed by atoms with Crippen LogP contribution in [-0.4, -0.2) is 21.9 Å². The van der Waals surface area contributed by atoms with E-state index in [1.165, 1.54) is 50.2 Å². The van der Waals surface area contributed by atoms with Crippen molar-refractivity contribution in [3.05, 3.63) is 47.6 Å². The lowest BCUT2D eigenvalue weighted by molar-refractivity contribution is -0.111. The Kier molecular flexibility index (Phi) is 7.30. The maximum Gasteiger partial charge on any atom is 0.247 e. The number of halogens is 1. The number of hydrogen-bond acceptors (Lipinski definition) is 5. The van der Waals surface area contributed by atoms with Crippen LogP contribution in [0.1, 0.15) is 69.8 Å². The number of carbonyl (C=O) groups is 1. The summed E-state index contributed by atoms with van der Waals surface area (Å²) >= 11 is 6.41. The Balaban J connectivity index is 1.56. The lowest BCUT2D eigenvalue weighted by atomic mass is 9.87. The largest absolute Gasteiger partial charge is 0.351 e. The van der Waals surface area contributed by atoms with Crippen LogP contribution in [0.2, 0.25) is 5.02 Å². The molecule has 2 saturated carbocycles. The minimum Gasteiger partial charge on any atom is -0.351 e. The molecule has 0 bridgehead atoms. The SMILES string of the molecule is C=CC(=O)Nc1cc(C2CCCC2)ccc1Nc1nc(N[C@H]2CCC[C@@H](C)C2)ncc1Cl. The second-order valence-electron chi connectivity index (χ2n) is 9.11. The van der Waals surface area contributed by atoms with E-state index in [4.69, 9.17) is 11.6 Å². The van der Waals surface area contributed by atoms with Crippen molar-refractivity contribution in [3.63, 3.8) is 0 Å². The van der Waals surface area contributed by atoms with Gasteiger partial charge in [0.05, 0.1) is 17.6 Å². The van der Waals surface area contributed by atoms with Gasteiger partial charge in [0.2, 0.25) is 11.9 Å². The molecule has 1 amide bonds. The molecule has 32 heavy (non-hydrogen) atoms. The molecule has 1 heterocycles. The van der Waals surface area contributed by atoms with Crippen LogP contribution in [0.5, 0.6) is 0 Å². The maximum absolute atomic E-state index is 12.1. The molecule has 4 rings (SSSR count). The van der Waals surface area contributed by atoms with Gasteiger partial charge >= 0.3 is 0 Å². The topological polar surface area (TPSA) is 78.9 Å². The first-order chi connectivity index (χ1) is 15.5. The summed E-state index contributed by atoms with van der Waals surface area (Å²) < 4.78 is 0. The maximum atomic E-state index is 12.1. The third-order valence-corrected chi connectivity index (χ3v) is 6.86. The van der Waals surface area contributed by atoms with Crippen LogP contribution >= 0.6 is 11.6 Å². The van der Waals surface area contributed by atoms with E-state index >= 15 is 0 Å². The van der Waals surface area contributed by atoms with Crippen LogP contribution in [0, 0.1) is 5.92 Å². The van der Waals surface area contributed by atoms with E-state index in [0.717, 1.165) is 18.5 Å². The molecule has 0 aliphatic heterocycles. The molecule has 3 N–H and O–H groups in total. The Hall–Kier alpha value is -2.60. The fraction of sp³-hybridized carbons (Fsp3) is 0.480. The van der Waals surface area contributed by atoms with Gasteiger partial charge in [-0.15, -0.1) is 0 Å². The zero-order chi connectivity index (χ0) is 22.5. The zero-order valence-corrected chi connectivity index (χ0v) is 19.4. The molecular formula is C25H32ClN5O. The van der Waals surface area contributed by atoms with Crippen molar-refractivity contribution in [2.75, 3.05) is 16.0 Å². The molecule has 0 spiro atoms. The van der Waals surface area contributed by atoms with Crippen molar-refractivity contribution in [1.29, 1.82) is 0 Å². The van der Waals surface area contributed by atoms with E-state index in [2.05, 4.69) is 51.6 Å². The summed E-state index contributed by atoms with van der Waals surface area (Å²) in [5.41, 5.74) is 2.68. The standard InChI is InChI=1S/C25H32ClN5O/c1-3-23(32)29-22-14-18(17-8-4-5-9-17)11-12-21(22)30-24-20(26)15-27-25(31-24)28-19-10-6-7-16(2)13-19/h3,11-12,14-17,19H,1,4-10,13H2,2H3,(H,29,32)(H2,27,28,30,31)/t16-,19+/m1/s1. The van der Waals surface area contributed by atoms with Crippen molar-refractivity contribution in [1.82, 2.24) is 9.97 Å². The molecule has 170 valence electrons. The van der Waals surface area contributed by atoms with Crippen molar-refractivity contribution in [2.45, 2.75) is 70.3 Å². The molecule has 0 unspecified atom stereocenters. The van der Waals surface area contributed by atoms with Gasteiger partial charge in [-0.3, -0.25) is 4.79 Å². The van der Waals surface area contributed by atoms with Gasteiger partial charge in [-0.25, -0.2) is 4.98 Å². The van der Waals surface area contributed by atoms with Gasteiger partial charge < -0.3 is 16.0 Å². The van der Waals surface area contributed by atoms with E-state index < -0.39 is 0 Å². The van der Waals surface area contributed by atoms with Crippen LogP contribution in [0.4, 0.5) is 23.1 Å². The van der Waals surface area contributed by atoms with Crippen molar-refractivity contribution < 1.29 is 4.79 Å². The van der Waals surface area contributed by atoms with Crippen LogP contribution in [0.25, 0.3) is 0 Å². The van der Waals surface area contributed by atoms with Crippen molar-refractivity contribution >= 4 is 40.6 Å². The van der Waals surface area contributed by atoms with Crippen LogP contribution < -0.4 is 16.0 Å². The molecular weight excluding hydrogens is 422 g/mol. The average molecular weight is 454 g/mol. The summed E-state index contributed by atoms with van der Waals surface area (Å²) in [7, 11) is 0. The molecule has 0 radical (unpaired) electrons. The summed E-state index contributed by atoms with van der Waals surface area (Å²) in [5.74, 6) is 2.07. The van der Waals surface area contributed by atoms with Crippen LogP contribution in [-0.2, 0) is 4.79 Å². The van der Waals surface area contributed by atoms with Gasteiger partial charge in [0, 0.05) is 6.04 Å². The molecule has 1 aromatic heterocycles. The Morgan fingerprint density at radius 3 is 2.72 bits per heavy atom. The molecule has 2 atom stereocenters. The molecule has 1 aromatic carbocycles. The highest BCUT2D eigenvalue weighted by Crippen LogP contribution is 2.38. The van der Waals surface area contributed by atoms with Crippen molar-refractivity contribution in [2.24, 2.45) is 5.92 Å². The third kappa shape index (κ3) is 5.60. The number of carbonyl (C=O) groups excluding carboxylic acids is 1. The number of hydrogen-bond donors (Lipinski definition) is 3. The molecule has 2 aromatic rings. The van der Waals surface area contributed by atoms with E-state index in [-0.39, 0.29) is 5.91 Å². The summed E-state index contributed by atoms with van der Waals surface area (Å²) in [5, 5.41) is 10.1. The second-order valence-corrected chi connectivity index (χ2v) is 9.52. The minimum atomic E-state index is -0.251. The summed E-state index contributed by atoms with van der Waals surface area (Å²) in [4.78, 5) is 21.1. The lowest BCUT2D eigenvalue weighted by Gasteiger charge is -2.27. The summed E-state index contributed by atoms with van der Waals surface area (Å²) in [6.07, 6.45) is 12.5. The Morgan fingerprint density at radius 2 is 1.97 bits per heavy atom. The molecule has 6 nitrogen and oxygen atoms in total. The smallest absolute Gasteiger partial charge is 0.247 e. The summed E-state index contributed by atoms with van der Waals surface area (Å²) in [6, 6.07) is 6.54. The first-order valence-electron chi connectivity index (χ1n) is 11.6. The fourth-order valence-electron chi connectivity index (χ4n) is 4.87.